The molecule has 0 saturated heterocycles. The molecule has 2 N–H and O–H groups in total. The minimum absolute atomic E-state index is 0.336. The van der Waals surface area contributed by atoms with Gasteiger partial charge in [0.05, 0.1) is 16.0 Å². The Morgan fingerprint density at radius 3 is 2.75 bits per heavy atom. The first-order valence-corrected chi connectivity index (χ1v) is 4.14. The van der Waals surface area contributed by atoms with Gasteiger partial charge in [-0.1, -0.05) is 0 Å². The SMILES string of the molecule is CC(N)=Nc1ccc(Br)c(F)c1. The number of hydrogen-bond donors (Lipinski definition) is 1. The molecule has 0 aliphatic heterocycles. The van der Waals surface area contributed by atoms with Crippen molar-refractivity contribution in [1.82, 2.24) is 0 Å². The lowest BCUT2D eigenvalue weighted by molar-refractivity contribution is 0.621. The number of benzene rings is 1. The van der Waals surface area contributed by atoms with Gasteiger partial charge in [0, 0.05) is 6.07 Å². The zero-order valence-corrected chi connectivity index (χ0v) is 8.10. The molecular weight excluding hydrogens is 223 g/mol. The van der Waals surface area contributed by atoms with Gasteiger partial charge in [0.15, 0.2) is 0 Å². The number of nitrogens with zero attached hydrogens (tertiary/aromatic N) is 1. The highest BCUT2D eigenvalue weighted by Gasteiger charge is 1.98. The first kappa shape index (κ1) is 9.19. The molecule has 0 aromatic heterocycles. The Morgan fingerprint density at radius 2 is 2.25 bits per heavy atom. The third-order valence-electron chi connectivity index (χ3n) is 1.21. The van der Waals surface area contributed by atoms with E-state index in [1.165, 1.54) is 6.07 Å². The molecule has 0 saturated carbocycles. The quantitative estimate of drug-likeness (QED) is 0.585. The molecular formula is C8H8BrFN2. The summed E-state index contributed by atoms with van der Waals surface area (Å²) in [5.41, 5.74) is 5.85. The fourth-order valence-electron chi connectivity index (χ4n) is 0.758. The summed E-state index contributed by atoms with van der Waals surface area (Å²) < 4.78 is 13.3. The predicted molar refractivity (Wildman–Crippen MR) is 51.1 cm³/mol. The summed E-state index contributed by atoms with van der Waals surface area (Å²) >= 11 is 3.04. The summed E-state index contributed by atoms with van der Waals surface area (Å²) in [6, 6.07) is 4.60. The standard InChI is InChI=1S/C8H8BrFN2/c1-5(11)12-6-2-3-7(9)8(10)4-6/h2-4H,1H3,(H2,11,12). The fourth-order valence-corrected chi connectivity index (χ4v) is 1.00. The maximum Gasteiger partial charge on any atom is 0.139 e. The smallest absolute Gasteiger partial charge is 0.139 e. The van der Waals surface area contributed by atoms with E-state index in [-0.39, 0.29) is 5.82 Å². The van der Waals surface area contributed by atoms with Gasteiger partial charge in [0.25, 0.3) is 0 Å². The molecule has 0 radical (unpaired) electrons. The second-order valence-corrected chi connectivity index (χ2v) is 3.21. The van der Waals surface area contributed by atoms with E-state index < -0.39 is 0 Å². The maximum absolute atomic E-state index is 12.9. The Morgan fingerprint density at radius 1 is 1.58 bits per heavy atom. The van der Waals surface area contributed by atoms with Gasteiger partial charge in [-0.05, 0) is 35.0 Å². The van der Waals surface area contributed by atoms with E-state index in [2.05, 4.69) is 20.9 Å². The van der Waals surface area contributed by atoms with Gasteiger partial charge in [-0.25, -0.2) is 9.38 Å². The molecule has 0 atom stereocenters. The number of amidine groups is 1. The van der Waals surface area contributed by atoms with Crippen LogP contribution in [0.3, 0.4) is 0 Å². The predicted octanol–water partition coefficient (Wildman–Crippen LogP) is 2.60. The van der Waals surface area contributed by atoms with E-state index in [1.54, 1.807) is 19.1 Å². The van der Waals surface area contributed by atoms with Crippen molar-refractivity contribution in [3.8, 4) is 0 Å². The van der Waals surface area contributed by atoms with Gasteiger partial charge in [0.1, 0.15) is 5.82 Å². The van der Waals surface area contributed by atoms with Crippen molar-refractivity contribution in [2.75, 3.05) is 0 Å². The lowest BCUT2D eigenvalue weighted by Crippen LogP contribution is -2.03. The first-order valence-electron chi connectivity index (χ1n) is 3.35. The molecule has 2 nitrogen and oxygen atoms in total. The topological polar surface area (TPSA) is 38.4 Å². The molecule has 0 unspecified atom stereocenters. The van der Waals surface area contributed by atoms with Crippen molar-refractivity contribution < 1.29 is 4.39 Å². The highest BCUT2D eigenvalue weighted by Crippen LogP contribution is 2.20. The lowest BCUT2D eigenvalue weighted by Gasteiger charge is -1.96. The van der Waals surface area contributed by atoms with Gasteiger partial charge >= 0.3 is 0 Å². The third-order valence-corrected chi connectivity index (χ3v) is 1.85. The normalized spacial score (nSPS) is 11.8. The Hall–Kier alpha value is -0.900. The van der Waals surface area contributed by atoms with Crippen LogP contribution in [0.1, 0.15) is 6.92 Å². The zero-order chi connectivity index (χ0) is 9.14. The van der Waals surface area contributed by atoms with Gasteiger partial charge in [-0.2, -0.15) is 0 Å². The largest absolute Gasteiger partial charge is 0.387 e. The van der Waals surface area contributed by atoms with Crippen molar-refractivity contribution in [2.24, 2.45) is 10.7 Å². The first-order chi connectivity index (χ1) is 5.59. The van der Waals surface area contributed by atoms with Gasteiger partial charge in [0.2, 0.25) is 0 Å². The molecule has 0 fully saturated rings. The molecule has 4 heteroatoms. The summed E-state index contributed by atoms with van der Waals surface area (Å²) in [4.78, 5) is 3.90. The van der Waals surface area contributed by atoms with Crippen molar-refractivity contribution in [3.63, 3.8) is 0 Å². The molecule has 0 aliphatic carbocycles. The minimum atomic E-state index is -0.336. The molecule has 0 bridgehead atoms. The van der Waals surface area contributed by atoms with Crippen LogP contribution in [0.2, 0.25) is 0 Å². The molecule has 0 spiro atoms. The molecule has 0 heterocycles. The van der Waals surface area contributed by atoms with Crippen LogP contribution in [0.4, 0.5) is 10.1 Å². The lowest BCUT2D eigenvalue weighted by atomic mass is 10.3. The average molecular weight is 231 g/mol. The Labute approximate surface area is 78.4 Å². The highest BCUT2D eigenvalue weighted by atomic mass is 79.9. The van der Waals surface area contributed by atoms with Crippen LogP contribution in [0.5, 0.6) is 0 Å². The summed E-state index contributed by atoms with van der Waals surface area (Å²) in [7, 11) is 0. The van der Waals surface area contributed by atoms with Crippen LogP contribution in [-0.4, -0.2) is 5.84 Å². The monoisotopic (exact) mass is 230 g/mol. The van der Waals surface area contributed by atoms with Crippen LogP contribution in [0.15, 0.2) is 27.7 Å². The van der Waals surface area contributed by atoms with Crippen molar-refractivity contribution >= 4 is 27.5 Å². The summed E-state index contributed by atoms with van der Waals surface area (Å²) in [5.74, 6) is 0.0780. The number of halogens is 2. The van der Waals surface area contributed by atoms with Crippen LogP contribution in [0.25, 0.3) is 0 Å². The van der Waals surface area contributed by atoms with Crippen molar-refractivity contribution in [1.29, 1.82) is 0 Å². The van der Waals surface area contributed by atoms with E-state index in [9.17, 15) is 4.39 Å². The minimum Gasteiger partial charge on any atom is -0.387 e. The number of hydrogen-bond acceptors (Lipinski definition) is 1. The zero-order valence-electron chi connectivity index (χ0n) is 6.51. The van der Waals surface area contributed by atoms with Crippen LogP contribution in [-0.2, 0) is 0 Å². The van der Waals surface area contributed by atoms with Gasteiger partial charge in [-0.15, -0.1) is 0 Å². The summed E-state index contributed by atoms with van der Waals surface area (Å²) in [5, 5.41) is 0. The molecule has 0 amide bonds. The number of rotatable bonds is 1. The van der Waals surface area contributed by atoms with E-state index >= 15 is 0 Å². The third kappa shape index (κ3) is 2.30. The second kappa shape index (κ2) is 3.67. The Balaban J connectivity index is 3.05. The van der Waals surface area contributed by atoms with Gasteiger partial charge in [-0.3, -0.25) is 0 Å². The second-order valence-electron chi connectivity index (χ2n) is 2.35. The maximum atomic E-state index is 12.9. The Bertz CT molecular complexity index is 319. The molecule has 1 aromatic carbocycles. The summed E-state index contributed by atoms with van der Waals surface area (Å²) in [6.07, 6.45) is 0. The van der Waals surface area contributed by atoms with Crippen LogP contribution in [0, 0.1) is 5.82 Å². The highest BCUT2D eigenvalue weighted by molar-refractivity contribution is 9.10. The molecule has 64 valence electrons. The molecule has 12 heavy (non-hydrogen) atoms. The summed E-state index contributed by atoms with van der Waals surface area (Å²) in [6.45, 7) is 1.65. The Kier molecular flexibility index (Phi) is 2.81. The van der Waals surface area contributed by atoms with Crippen molar-refractivity contribution in [3.05, 3.63) is 28.5 Å². The molecule has 1 aromatic rings. The van der Waals surface area contributed by atoms with E-state index in [0.717, 1.165) is 0 Å². The molecule has 0 aliphatic rings. The molecule has 1 rings (SSSR count). The van der Waals surface area contributed by atoms with Gasteiger partial charge < -0.3 is 5.73 Å². The van der Waals surface area contributed by atoms with E-state index in [0.29, 0.717) is 16.0 Å². The average Bonchev–Trinajstić information content (AvgIpc) is 1.96. The fraction of sp³-hybridized carbons (Fsp3) is 0.125. The number of nitrogens with two attached hydrogens (primary N) is 1. The van der Waals surface area contributed by atoms with Crippen molar-refractivity contribution in [2.45, 2.75) is 6.92 Å². The van der Waals surface area contributed by atoms with E-state index in [4.69, 9.17) is 5.73 Å². The van der Waals surface area contributed by atoms with Crippen LogP contribution < -0.4 is 5.73 Å². The van der Waals surface area contributed by atoms with Crippen LogP contribution >= 0.6 is 15.9 Å². The van der Waals surface area contributed by atoms with E-state index in [1.807, 2.05) is 0 Å². The number of aliphatic imine (C=N–C) groups is 1.